The number of aliphatic hydroxyl groups is 2. The van der Waals surface area contributed by atoms with E-state index >= 15 is 0 Å². The zero-order valence-corrected chi connectivity index (χ0v) is 8.64. The van der Waals surface area contributed by atoms with Crippen LogP contribution >= 0.6 is 11.8 Å². The third kappa shape index (κ3) is 8.08. The molecule has 1 atom stereocenters. The number of carbonyl (C=O) groups excluding carboxylic acids is 1. The molecule has 4 nitrogen and oxygen atoms in total. The molecule has 0 heterocycles. The van der Waals surface area contributed by atoms with E-state index < -0.39 is 0 Å². The SMILES string of the molecule is CC(CO)CSCC(=O)NCCO. The van der Waals surface area contributed by atoms with Crippen molar-refractivity contribution in [2.45, 2.75) is 6.92 Å². The molecule has 13 heavy (non-hydrogen) atoms. The van der Waals surface area contributed by atoms with E-state index in [0.29, 0.717) is 12.3 Å². The first-order valence-electron chi connectivity index (χ1n) is 4.26. The quantitative estimate of drug-likeness (QED) is 0.524. The van der Waals surface area contributed by atoms with Gasteiger partial charge in [-0.25, -0.2) is 0 Å². The van der Waals surface area contributed by atoms with Gasteiger partial charge < -0.3 is 15.5 Å². The highest BCUT2D eigenvalue weighted by Gasteiger charge is 2.03. The molecule has 1 amide bonds. The summed E-state index contributed by atoms with van der Waals surface area (Å²) >= 11 is 1.49. The molecule has 0 fully saturated rings. The molecule has 0 aliphatic rings. The molecule has 0 aliphatic carbocycles. The molecule has 0 aromatic heterocycles. The largest absolute Gasteiger partial charge is 0.396 e. The minimum absolute atomic E-state index is 0.0244. The third-order valence-corrected chi connectivity index (χ3v) is 2.65. The van der Waals surface area contributed by atoms with Crippen LogP contribution in [0.2, 0.25) is 0 Å². The van der Waals surface area contributed by atoms with Gasteiger partial charge in [0.25, 0.3) is 0 Å². The van der Waals surface area contributed by atoms with Crippen LogP contribution in [0, 0.1) is 5.92 Å². The van der Waals surface area contributed by atoms with Crippen LogP contribution in [0.4, 0.5) is 0 Å². The molecule has 0 spiro atoms. The Morgan fingerprint density at radius 1 is 1.54 bits per heavy atom. The van der Waals surface area contributed by atoms with Gasteiger partial charge in [-0.15, -0.1) is 0 Å². The normalized spacial score (nSPS) is 12.5. The van der Waals surface area contributed by atoms with E-state index in [1.807, 2.05) is 6.92 Å². The molecular weight excluding hydrogens is 190 g/mol. The monoisotopic (exact) mass is 207 g/mol. The Kier molecular flexibility index (Phi) is 8.18. The molecule has 0 radical (unpaired) electrons. The molecule has 0 aromatic carbocycles. The van der Waals surface area contributed by atoms with Crippen molar-refractivity contribution in [3.05, 3.63) is 0 Å². The van der Waals surface area contributed by atoms with E-state index in [1.54, 1.807) is 0 Å². The second-order valence-electron chi connectivity index (χ2n) is 2.88. The summed E-state index contributed by atoms with van der Waals surface area (Å²) in [7, 11) is 0. The van der Waals surface area contributed by atoms with Gasteiger partial charge in [0.05, 0.1) is 12.4 Å². The van der Waals surface area contributed by atoms with Crippen molar-refractivity contribution >= 4 is 17.7 Å². The number of hydrogen-bond acceptors (Lipinski definition) is 4. The zero-order chi connectivity index (χ0) is 10.1. The number of carbonyl (C=O) groups is 1. The fourth-order valence-corrected chi connectivity index (χ4v) is 1.56. The van der Waals surface area contributed by atoms with Gasteiger partial charge in [-0.2, -0.15) is 11.8 Å². The third-order valence-electron chi connectivity index (χ3n) is 1.38. The predicted octanol–water partition coefficient (Wildman–Crippen LogP) is -0.544. The van der Waals surface area contributed by atoms with Gasteiger partial charge >= 0.3 is 0 Å². The zero-order valence-electron chi connectivity index (χ0n) is 7.82. The molecule has 1 unspecified atom stereocenters. The number of hydrogen-bond donors (Lipinski definition) is 3. The van der Waals surface area contributed by atoms with Crippen molar-refractivity contribution < 1.29 is 15.0 Å². The Morgan fingerprint density at radius 2 is 2.23 bits per heavy atom. The first-order chi connectivity index (χ1) is 6.20. The lowest BCUT2D eigenvalue weighted by atomic mass is 10.2. The lowest BCUT2D eigenvalue weighted by Gasteiger charge is -2.06. The molecule has 78 valence electrons. The van der Waals surface area contributed by atoms with Gasteiger partial charge in [-0.05, 0) is 11.7 Å². The van der Waals surface area contributed by atoms with Gasteiger partial charge in [-0.1, -0.05) is 6.92 Å². The van der Waals surface area contributed by atoms with Crippen molar-refractivity contribution in [2.75, 3.05) is 31.3 Å². The molecule has 3 N–H and O–H groups in total. The van der Waals surface area contributed by atoms with E-state index in [-0.39, 0.29) is 25.0 Å². The van der Waals surface area contributed by atoms with Gasteiger partial charge in [0.2, 0.25) is 5.91 Å². The standard InChI is InChI=1S/C8H17NO3S/c1-7(4-11)5-13-6-8(12)9-2-3-10/h7,10-11H,2-6H2,1H3,(H,9,12). The highest BCUT2D eigenvalue weighted by atomic mass is 32.2. The summed E-state index contributed by atoms with van der Waals surface area (Å²) in [5.74, 6) is 1.34. The van der Waals surface area contributed by atoms with Crippen molar-refractivity contribution in [1.29, 1.82) is 0 Å². The average Bonchev–Trinajstić information content (AvgIpc) is 2.14. The number of thioether (sulfide) groups is 1. The molecule has 0 saturated heterocycles. The van der Waals surface area contributed by atoms with Crippen LogP contribution < -0.4 is 5.32 Å². The minimum Gasteiger partial charge on any atom is -0.396 e. The minimum atomic E-state index is -0.0656. The summed E-state index contributed by atoms with van der Waals surface area (Å²) in [5.41, 5.74) is 0. The van der Waals surface area contributed by atoms with Gasteiger partial charge in [0.15, 0.2) is 0 Å². The Hall–Kier alpha value is -0.260. The second kappa shape index (κ2) is 8.34. The van der Waals surface area contributed by atoms with E-state index in [4.69, 9.17) is 10.2 Å². The summed E-state index contributed by atoms with van der Waals surface area (Å²) in [4.78, 5) is 11.0. The molecule has 0 rings (SSSR count). The number of amides is 1. The van der Waals surface area contributed by atoms with Gasteiger partial charge in [0.1, 0.15) is 0 Å². The summed E-state index contributed by atoms with van der Waals surface area (Å²) < 4.78 is 0. The molecule has 0 aliphatic heterocycles. The highest BCUT2D eigenvalue weighted by Crippen LogP contribution is 2.06. The Labute approximate surface area is 82.7 Å². The van der Waals surface area contributed by atoms with E-state index in [9.17, 15) is 4.79 Å². The summed E-state index contributed by atoms with van der Waals surface area (Å²) in [6.45, 7) is 2.38. The number of rotatable bonds is 7. The van der Waals surface area contributed by atoms with Crippen LogP contribution in [-0.4, -0.2) is 47.4 Å². The molecule has 0 bridgehead atoms. The summed E-state index contributed by atoms with van der Waals surface area (Å²) in [5, 5.41) is 19.7. The molecule has 0 aromatic rings. The topological polar surface area (TPSA) is 69.6 Å². The summed E-state index contributed by atoms with van der Waals surface area (Å²) in [6, 6.07) is 0. The maximum atomic E-state index is 11.0. The Bertz CT molecular complexity index is 143. The van der Waals surface area contributed by atoms with Crippen LogP contribution in [0.25, 0.3) is 0 Å². The lowest BCUT2D eigenvalue weighted by Crippen LogP contribution is -2.28. The van der Waals surface area contributed by atoms with Crippen LogP contribution in [0.5, 0.6) is 0 Å². The van der Waals surface area contributed by atoms with E-state index in [1.165, 1.54) is 11.8 Å². The van der Waals surface area contributed by atoms with Gasteiger partial charge in [-0.3, -0.25) is 4.79 Å². The van der Waals surface area contributed by atoms with Crippen molar-refractivity contribution in [2.24, 2.45) is 5.92 Å². The number of nitrogens with one attached hydrogen (secondary N) is 1. The molecular formula is C8H17NO3S. The van der Waals surface area contributed by atoms with Crippen LogP contribution in [0.15, 0.2) is 0 Å². The van der Waals surface area contributed by atoms with Crippen LogP contribution in [-0.2, 0) is 4.79 Å². The first kappa shape index (κ1) is 12.7. The van der Waals surface area contributed by atoms with E-state index in [2.05, 4.69) is 5.32 Å². The maximum absolute atomic E-state index is 11.0. The first-order valence-corrected chi connectivity index (χ1v) is 5.42. The molecule has 5 heteroatoms. The van der Waals surface area contributed by atoms with Crippen LogP contribution in [0.3, 0.4) is 0 Å². The van der Waals surface area contributed by atoms with E-state index in [0.717, 1.165) is 5.75 Å². The Balaban J connectivity index is 3.26. The van der Waals surface area contributed by atoms with Crippen molar-refractivity contribution in [1.82, 2.24) is 5.32 Å². The Morgan fingerprint density at radius 3 is 2.77 bits per heavy atom. The lowest BCUT2D eigenvalue weighted by molar-refractivity contribution is -0.118. The predicted molar refractivity (Wildman–Crippen MR) is 53.7 cm³/mol. The second-order valence-corrected chi connectivity index (χ2v) is 3.91. The van der Waals surface area contributed by atoms with Crippen molar-refractivity contribution in [3.8, 4) is 0 Å². The fraction of sp³-hybridized carbons (Fsp3) is 0.875. The molecule has 0 saturated carbocycles. The fourth-order valence-electron chi connectivity index (χ4n) is 0.652. The smallest absolute Gasteiger partial charge is 0.230 e. The van der Waals surface area contributed by atoms with Crippen molar-refractivity contribution in [3.63, 3.8) is 0 Å². The summed E-state index contributed by atoms with van der Waals surface area (Å²) in [6.07, 6.45) is 0. The number of aliphatic hydroxyl groups excluding tert-OH is 2. The highest BCUT2D eigenvalue weighted by molar-refractivity contribution is 7.99. The maximum Gasteiger partial charge on any atom is 0.230 e. The average molecular weight is 207 g/mol. The van der Waals surface area contributed by atoms with Gasteiger partial charge in [0, 0.05) is 13.2 Å². The van der Waals surface area contributed by atoms with Crippen LogP contribution in [0.1, 0.15) is 6.92 Å².